The molecule has 1 saturated heterocycles. The Morgan fingerprint density at radius 1 is 1.32 bits per heavy atom. The van der Waals surface area contributed by atoms with Gasteiger partial charge in [0.15, 0.2) is 0 Å². The van der Waals surface area contributed by atoms with Crippen LogP contribution in [0.5, 0.6) is 0 Å². The number of fused-ring (bicyclic) bond motifs is 1. The molecule has 0 unspecified atom stereocenters. The number of carbonyl (C=O) groups is 2. The van der Waals surface area contributed by atoms with Crippen molar-refractivity contribution in [2.45, 2.75) is 26.2 Å². The lowest BCUT2D eigenvalue weighted by atomic mass is 9.98. The third-order valence-electron chi connectivity index (χ3n) is 4.05. The van der Waals surface area contributed by atoms with E-state index >= 15 is 0 Å². The van der Waals surface area contributed by atoms with Crippen molar-refractivity contribution in [1.29, 1.82) is 0 Å². The van der Waals surface area contributed by atoms with Gasteiger partial charge in [-0.1, -0.05) is 6.92 Å². The minimum Gasteiger partial charge on any atom is -0.339 e. The molecule has 1 N–H and O–H groups in total. The summed E-state index contributed by atoms with van der Waals surface area (Å²) in [6.07, 6.45) is 2.54. The van der Waals surface area contributed by atoms with Gasteiger partial charge in [-0.3, -0.25) is 9.59 Å². The molecule has 1 aromatic rings. The Morgan fingerprint density at radius 2 is 2.05 bits per heavy atom. The zero-order valence-electron chi connectivity index (χ0n) is 11.1. The number of carbonyl (C=O) groups excluding carboxylic acids is 2. The number of hydrogen-bond acceptors (Lipinski definition) is 2. The molecule has 0 aliphatic carbocycles. The predicted octanol–water partition coefficient (Wildman–Crippen LogP) is 2.05. The van der Waals surface area contributed by atoms with Gasteiger partial charge in [-0.2, -0.15) is 0 Å². The number of hydrogen-bond donors (Lipinski definition) is 1. The number of benzene rings is 1. The monoisotopic (exact) mass is 258 g/mol. The van der Waals surface area contributed by atoms with E-state index in [-0.39, 0.29) is 11.8 Å². The summed E-state index contributed by atoms with van der Waals surface area (Å²) in [4.78, 5) is 25.6. The average Bonchev–Trinajstić information content (AvgIpc) is 2.77. The molecule has 0 atom stereocenters. The first-order valence-electron chi connectivity index (χ1n) is 6.85. The molecular weight excluding hydrogens is 240 g/mol. The number of anilines is 1. The van der Waals surface area contributed by atoms with E-state index in [1.54, 1.807) is 0 Å². The second kappa shape index (κ2) is 4.68. The van der Waals surface area contributed by atoms with Gasteiger partial charge in [0.05, 0.1) is 6.42 Å². The number of likely N-dealkylation sites (tertiary alicyclic amines) is 1. The predicted molar refractivity (Wildman–Crippen MR) is 73.1 cm³/mol. The first-order valence-corrected chi connectivity index (χ1v) is 6.85. The van der Waals surface area contributed by atoms with Crippen LogP contribution in [0.1, 0.15) is 35.7 Å². The van der Waals surface area contributed by atoms with E-state index in [0.29, 0.717) is 17.9 Å². The summed E-state index contributed by atoms with van der Waals surface area (Å²) in [5, 5.41) is 2.79. The Bertz CT molecular complexity index is 531. The lowest BCUT2D eigenvalue weighted by Crippen LogP contribution is -2.37. The SMILES string of the molecule is CC1CCN(C(=O)c2ccc3c(c2)CC(=O)N3)CC1. The third kappa shape index (κ3) is 2.35. The van der Waals surface area contributed by atoms with Crippen LogP contribution in [0.15, 0.2) is 18.2 Å². The zero-order valence-corrected chi connectivity index (χ0v) is 11.1. The van der Waals surface area contributed by atoms with Crippen molar-refractivity contribution in [2.75, 3.05) is 18.4 Å². The third-order valence-corrected chi connectivity index (χ3v) is 4.05. The summed E-state index contributed by atoms with van der Waals surface area (Å²) < 4.78 is 0. The normalized spacial score (nSPS) is 19.2. The van der Waals surface area contributed by atoms with E-state index in [0.717, 1.165) is 37.2 Å². The van der Waals surface area contributed by atoms with Crippen molar-refractivity contribution >= 4 is 17.5 Å². The molecule has 0 radical (unpaired) electrons. The van der Waals surface area contributed by atoms with Gasteiger partial charge in [-0.05, 0) is 42.5 Å². The van der Waals surface area contributed by atoms with E-state index in [2.05, 4.69) is 12.2 Å². The Kier molecular flexibility index (Phi) is 3.01. The Labute approximate surface area is 112 Å². The van der Waals surface area contributed by atoms with Gasteiger partial charge >= 0.3 is 0 Å². The standard InChI is InChI=1S/C15H18N2O2/c1-10-4-6-17(7-5-10)15(19)11-2-3-13-12(8-11)9-14(18)16-13/h2-3,8,10H,4-7,9H2,1H3,(H,16,18). The molecule has 2 aliphatic rings. The van der Waals surface area contributed by atoms with Crippen LogP contribution < -0.4 is 5.32 Å². The van der Waals surface area contributed by atoms with Crippen molar-refractivity contribution in [2.24, 2.45) is 5.92 Å². The highest BCUT2D eigenvalue weighted by molar-refractivity contribution is 6.01. The van der Waals surface area contributed by atoms with Crippen LogP contribution in [0.4, 0.5) is 5.69 Å². The highest BCUT2D eigenvalue weighted by Gasteiger charge is 2.24. The molecule has 0 saturated carbocycles. The van der Waals surface area contributed by atoms with Crippen LogP contribution in [-0.4, -0.2) is 29.8 Å². The number of piperidine rings is 1. The average molecular weight is 258 g/mol. The number of nitrogens with zero attached hydrogens (tertiary/aromatic N) is 1. The fourth-order valence-corrected chi connectivity index (χ4v) is 2.76. The first kappa shape index (κ1) is 12.2. The van der Waals surface area contributed by atoms with E-state index in [1.165, 1.54) is 0 Å². The molecule has 2 aliphatic heterocycles. The molecule has 2 amide bonds. The van der Waals surface area contributed by atoms with Crippen molar-refractivity contribution < 1.29 is 9.59 Å². The first-order chi connectivity index (χ1) is 9.13. The van der Waals surface area contributed by atoms with Gasteiger partial charge in [-0.25, -0.2) is 0 Å². The maximum atomic E-state index is 12.4. The quantitative estimate of drug-likeness (QED) is 0.838. The van der Waals surface area contributed by atoms with Gasteiger partial charge in [0.1, 0.15) is 0 Å². The molecule has 3 rings (SSSR count). The van der Waals surface area contributed by atoms with E-state index in [9.17, 15) is 9.59 Å². The lowest BCUT2D eigenvalue weighted by molar-refractivity contribution is -0.115. The van der Waals surface area contributed by atoms with Crippen LogP contribution >= 0.6 is 0 Å². The highest BCUT2D eigenvalue weighted by Crippen LogP contribution is 2.25. The Morgan fingerprint density at radius 3 is 2.79 bits per heavy atom. The molecule has 2 heterocycles. The summed E-state index contributed by atoms with van der Waals surface area (Å²) in [7, 11) is 0. The molecule has 100 valence electrons. The van der Waals surface area contributed by atoms with Crippen LogP contribution in [0.3, 0.4) is 0 Å². The second-order valence-electron chi connectivity index (χ2n) is 5.57. The molecule has 4 nitrogen and oxygen atoms in total. The van der Waals surface area contributed by atoms with Crippen LogP contribution in [0, 0.1) is 5.92 Å². The highest BCUT2D eigenvalue weighted by atomic mass is 16.2. The summed E-state index contributed by atoms with van der Waals surface area (Å²) in [6, 6.07) is 5.50. The lowest BCUT2D eigenvalue weighted by Gasteiger charge is -2.30. The number of nitrogens with one attached hydrogen (secondary N) is 1. The number of amides is 2. The smallest absolute Gasteiger partial charge is 0.253 e. The van der Waals surface area contributed by atoms with Crippen molar-refractivity contribution in [3.63, 3.8) is 0 Å². The largest absolute Gasteiger partial charge is 0.339 e. The molecule has 0 spiro atoms. The van der Waals surface area contributed by atoms with Crippen molar-refractivity contribution in [3.8, 4) is 0 Å². The second-order valence-corrected chi connectivity index (χ2v) is 5.57. The van der Waals surface area contributed by atoms with E-state index in [1.807, 2.05) is 23.1 Å². The van der Waals surface area contributed by atoms with Crippen LogP contribution in [0.25, 0.3) is 0 Å². The van der Waals surface area contributed by atoms with E-state index in [4.69, 9.17) is 0 Å². The van der Waals surface area contributed by atoms with Gasteiger partial charge in [0.25, 0.3) is 5.91 Å². The molecular formula is C15H18N2O2. The van der Waals surface area contributed by atoms with Gasteiger partial charge < -0.3 is 10.2 Å². The topological polar surface area (TPSA) is 49.4 Å². The minimum absolute atomic E-state index is 0.00592. The van der Waals surface area contributed by atoms with Gasteiger partial charge in [-0.15, -0.1) is 0 Å². The number of rotatable bonds is 1. The molecule has 19 heavy (non-hydrogen) atoms. The molecule has 0 aromatic heterocycles. The summed E-state index contributed by atoms with van der Waals surface area (Å²) in [6.45, 7) is 3.91. The molecule has 0 bridgehead atoms. The van der Waals surface area contributed by atoms with Crippen LogP contribution in [0.2, 0.25) is 0 Å². The van der Waals surface area contributed by atoms with Gasteiger partial charge in [0.2, 0.25) is 5.91 Å². The minimum atomic E-state index is 0.00592. The summed E-state index contributed by atoms with van der Waals surface area (Å²) in [5.74, 6) is 0.811. The molecule has 4 heteroatoms. The van der Waals surface area contributed by atoms with Crippen molar-refractivity contribution in [1.82, 2.24) is 4.90 Å². The van der Waals surface area contributed by atoms with E-state index < -0.39 is 0 Å². The Balaban J connectivity index is 1.77. The van der Waals surface area contributed by atoms with Crippen LogP contribution in [-0.2, 0) is 11.2 Å². The molecule has 1 aromatic carbocycles. The zero-order chi connectivity index (χ0) is 13.4. The fourth-order valence-electron chi connectivity index (χ4n) is 2.76. The van der Waals surface area contributed by atoms with Crippen molar-refractivity contribution in [3.05, 3.63) is 29.3 Å². The summed E-state index contributed by atoms with van der Waals surface area (Å²) in [5.41, 5.74) is 2.47. The summed E-state index contributed by atoms with van der Waals surface area (Å²) >= 11 is 0. The Hall–Kier alpha value is -1.84. The fraction of sp³-hybridized carbons (Fsp3) is 0.467. The molecule has 1 fully saturated rings. The van der Waals surface area contributed by atoms with Gasteiger partial charge in [0, 0.05) is 24.3 Å². The maximum absolute atomic E-state index is 12.4. The maximum Gasteiger partial charge on any atom is 0.253 e.